The molecule has 8 heteroatoms. The molecule has 3 aromatic rings. The number of rotatable bonds is 3. The zero-order chi connectivity index (χ0) is 19.0. The number of carbonyl (C=O) groups excluding carboxylic acids is 1. The van der Waals surface area contributed by atoms with Crippen LogP contribution in [0, 0.1) is 0 Å². The van der Waals surface area contributed by atoms with Crippen LogP contribution in [0.3, 0.4) is 0 Å². The molecule has 2 aliphatic rings. The lowest BCUT2D eigenvalue weighted by Crippen LogP contribution is -2.32. The number of aromatic nitrogens is 3. The van der Waals surface area contributed by atoms with Crippen molar-refractivity contribution in [1.82, 2.24) is 19.1 Å². The summed E-state index contributed by atoms with van der Waals surface area (Å²) in [6.07, 6.45) is 6.42. The van der Waals surface area contributed by atoms with Crippen LogP contribution in [0.4, 0.5) is 0 Å². The Morgan fingerprint density at radius 3 is 2.63 bits per heavy atom. The van der Waals surface area contributed by atoms with Gasteiger partial charge in [0.15, 0.2) is 0 Å². The van der Waals surface area contributed by atoms with Crippen molar-refractivity contribution in [2.45, 2.75) is 44.6 Å². The number of hydrogen-bond donors (Lipinski definition) is 1. The fourth-order valence-electron chi connectivity index (χ4n) is 3.57. The first-order valence-electron chi connectivity index (χ1n) is 9.51. The van der Waals surface area contributed by atoms with E-state index in [4.69, 9.17) is 5.73 Å². The molecular formula is C19H25N5O2S. The molecule has 2 N–H and O–H groups in total. The van der Waals surface area contributed by atoms with Gasteiger partial charge in [-0.1, -0.05) is 6.42 Å². The molecule has 5 rings (SSSR count). The molecule has 0 spiro atoms. The first kappa shape index (κ1) is 18.2. The van der Waals surface area contributed by atoms with Crippen LogP contribution in [0.2, 0.25) is 0 Å². The highest BCUT2D eigenvalue weighted by Gasteiger charge is 2.30. The molecule has 7 nitrogen and oxygen atoms in total. The van der Waals surface area contributed by atoms with Crippen molar-refractivity contribution in [3.8, 4) is 0 Å². The van der Waals surface area contributed by atoms with E-state index in [-0.39, 0.29) is 12.1 Å². The molecule has 1 amide bonds. The quantitative estimate of drug-likeness (QED) is 0.746. The van der Waals surface area contributed by atoms with Crippen LogP contribution >= 0.6 is 11.3 Å². The standard InChI is InChI=1S/C13H12N4O2S.C6H13N/c14-10(18)6-16-12(19)9-5-8-3-4-20-13(8)17(9)11(15-16)7-1-2-7;1-7-5-3-2-4-6-7/h3-5,7H,1-2,6H2,(H2,14,18);2-6H2,1H3. The normalized spacial score (nSPS) is 17.8. The number of likely N-dealkylation sites (tertiary alicyclic amines) is 1. The minimum absolute atomic E-state index is 0.173. The first-order chi connectivity index (χ1) is 13.0. The molecule has 0 unspecified atom stereocenters. The highest BCUT2D eigenvalue weighted by molar-refractivity contribution is 7.16. The second-order valence-electron chi connectivity index (χ2n) is 7.47. The molecule has 0 radical (unpaired) electrons. The second-order valence-corrected chi connectivity index (χ2v) is 8.37. The van der Waals surface area contributed by atoms with Crippen LogP contribution < -0.4 is 11.3 Å². The first-order valence-corrected chi connectivity index (χ1v) is 10.4. The van der Waals surface area contributed by atoms with E-state index in [1.807, 2.05) is 21.9 Å². The minimum atomic E-state index is -0.556. The van der Waals surface area contributed by atoms with E-state index in [9.17, 15) is 9.59 Å². The second kappa shape index (κ2) is 7.44. The largest absolute Gasteiger partial charge is 0.368 e. The van der Waals surface area contributed by atoms with Crippen molar-refractivity contribution >= 4 is 33.0 Å². The van der Waals surface area contributed by atoms with E-state index in [1.165, 1.54) is 37.0 Å². The molecule has 0 aromatic carbocycles. The van der Waals surface area contributed by atoms with E-state index in [0.717, 1.165) is 28.9 Å². The summed E-state index contributed by atoms with van der Waals surface area (Å²) in [4.78, 5) is 26.9. The van der Waals surface area contributed by atoms with Crippen LogP contribution in [0.25, 0.3) is 15.7 Å². The third-order valence-corrected chi connectivity index (χ3v) is 6.06. The number of amides is 1. The summed E-state index contributed by atoms with van der Waals surface area (Å²) in [5.74, 6) is 0.673. The van der Waals surface area contributed by atoms with Crippen LogP contribution in [0.5, 0.6) is 0 Å². The van der Waals surface area contributed by atoms with Crippen molar-refractivity contribution in [1.29, 1.82) is 0 Å². The maximum Gasteiger partial charge on any atom is 0.291 e. The molecule has 1 aliphatic heterocycles. The summed E-state index contributed by atoms with van der Waals surface area (Å²) in [6.45, 7) is 2.47. The fourth-order valence-corrected chi connectivity index (χ4v) is 4.47. The average molecular weight is 388 g/mol. The van der Waals surface area contributed by atoms with E-state index in [0.29, 0.717) is 11.4 Å². The van der Waals surface area contributed by atoms with Crippen molar-refractivity contribution < 1.29 is 4.79 Å². The van der Waals surface area contributed by atoms with Crippen molar-refractivity contribution in [3.63, 3.8) is 0 Å². The van der Waals surface area contributed by atoms with Crippen molar-refractivity contribution in [2.24, 2.45) is 5.73 Å². The number of thiophene rings is 1. The Morgan fingerprint density at radius 1 is 1.30 bits per heavy atom. The number of fused-ring (bicyclic) bond motifs is 3. The molecule has 1 aliphatic carbocycles. The number of hydrogen-bond acceptors (Lipinski definition) is 5. The van der Waals surface area contributed by atoms with Crippen LogP contribution in [-0.4, -0.2) is 45.1 Å². The van der Waals surface area contributed by atoms with Gasteiger partial charge in [-0.25, -0.2) is 4.68 Å². The molecule has 0 atom stereocenters. The molecule has 4 heterocycles. The number of piperidine rings is 1. The molecule has 144 valence electrons. The average Bonchev–Trinajstić information content (AvgIpc) is 3.27. The van der Waals surface area contributed by atoms with Gasteiger partial charge in [0, 0.05) is 11.3 Å². The Morgan fingerprint density at radius 2 is 2.04 bits per heavy atom. The zero-order valence-electron chi connectivity index (χ0n) is 15.6. The smallest absolute Gasteiger partial charge is 0.291 e. The number of nitrogens with zero attached hydrogens (tertiary/aromatic N) is 4. The highest BCUT2D eigenvalue weighted by atomic mass is 32.1. The van der Waals surface area contributed by atoms with Crippen LogP contribution in [0.1, 0.15) is 43.8 Å². The summed E-state index contributed by atoms with van der Waals surface area (Å²) >= 11 is 1.59. The van der Waals surface area contributed by atoms with Gasteiger partial charge in [0.2, 0.25) is 5.91 Å². The fraction of sp³-hybridized carbons (Fsp3) is 0.526. The van der Waals surface area contributed by atoms with Crippen molar-refractivity contribution in [3.05, 3.63) is 33.7 Å². The molecular weight excluding hydrogens is 362 g/mol. The Hall–Kier alpha value is -2.19. The Bertz CT molecular complexity index is 1020. The number of primary amides is 1. The topological polar surface area (TPSA) is 85.6 Å². The van der Waals surface area contributed by atoms with Gasteiger partial charge in [-0.3, -0.25) is 14.0 Å². The molecule has 3 aromatic heterocycles. The predicted molar refractivity (Wildman–Crippen MR) is 107 cm³/mol. The van der Waals surface area contributed by atoms with Gasteiger partial charge in [0.05, 0.1) is 0 Å². The third kappa shape index (κ3) is 3.77. The van der Waals surface area contributed by atoms with Gasteiger partial charge in [-0.05, 0) is 63.3 Å². The minimum Gasteiger partial charge on any atom is -0.368 e. The molecule has 1 saturated heterocycles. The van der Waals surface area contributed by atoms with Crippen LogP contribution in [-0.2, 0) is 11.3 Å². The van der Waals surface area contributed by atoms with Gasteiger partial charge >= 0.3 is 0 Å². The Balaban J connectivity index is 0.000000218. The summed E-state index contributed by atoms with van der Waals surface area (Å²) in [5.41, 5.74) is 5.50. The molecule has 27 heavy (non-hydrogen) atoms. The zero-order valence-corrected chi connectivity index (χ0v) is 16.4. The van der Waals surface area contributed by atoms with Gasteiger partial charge in [-0.2, -0.15) is 5.10 Å². The van der Waals surface area contributed by atoms with Gasteiger partial charge in [-0.15, -0.1) is 11.3 Å². The van der Waals surface area contributed by atoms with E-state index in [2.05, 4.69) is 17.0 Å². The van der Waals surface area contributed by atoms with Gasteiger partial charge in [0.25, 0.3) is 5.56 Å². The molecule has 0 bridgehead atoms. The van der Waals surface area contributed by atoms with Crippen LogP contribution in [0.15, 0.2) is 22.3 Å². The van der Waals surface area contributed by atoms with Crippen molar-refractivity contribution in [2.75, 3.05) is 20.1 Å². The molecule has 2 fully saturated rings. The van der Waals surface area contributed by atoms with E-state index in [1.54, 1.807) is 11.3 Å². The van der Waals surface area contributed by atoms with E-state index < -0.39 is 5.91 Å². The summed E-state index contributed by atoms with van der Waals surface area (Å²) in [7, 11) is 2.19. The summed E-state index contributed by atoms with van der Waals surface area (Å²) < 4.78 is 3.13. The summed E-state index contributed by atoms with van der Waals surface area (Å²) in [5, 5.41) is 7.42. The summed E-state index contributed by atoms with van der Waals surface area (Å²) in [6, 6.07) is 3.85. The monoisotopic (exact) mass is 387 g/mol. The third-order valence-electron chi connectivity index (χ3n) is 5.14. The highest BCUT2D eigenvalue weighted by Crippen LogP contribution is 2.40. The Labute approximate surface area is 161 Å². The van der Waals surface area contributed by atoms with Gasteiger partial charge in [0.1, 0.15) is 22.7 Å². The predicted octanol–water partition coefficient (Wildman–Crippen LogP) is 2.18. The van der Waals surface area contributed by atoms with Gasteiger partial charge < -0.3 is 10.6 Å². The Kier molecular flexibility index (Phi) is 5.01. The maximum absolute atomic E-state index is 12.4. The SMILES string of the molecule is CN1CCCCC1.NC(=O)Cn1nc(C2CC2)n2c(cc3ccsc32)c1=O. The molecule has 1 saturated carbocycles. The lowest BCUT2D eigenvalue weighted by Gasteiger charge is -2.20. The lowest BCUT2D eigenvalue weighted by molar-refractivity contribution is -0.118. The lowest BCUT2D eigenvalue weighted by atomic mass is 10.1. The maximum atomic E-state index is 12.4. The van der Waals surface area contributed by atoms with E-state index >= 15 is 0 Å². The number of nitrogens with two attached hydrogens (primary N) is 1. The number of carbonyl (C=O) groups is 1.